The molecule has 110 valence electrons. The number of rotatable bonds is 2. The van der Waals surface area contributed by atoms with Crippen LogP contribution >= 0.6 is 27.5 Å². The van der Waals surface area contributed by atoms with E-state index >= 15 is 0 Å². The molecule has 0 aliphatic carbocycles. The molecule has 0 spiro atoms. The summed E-state index contributed by atoms with van der Waals surface area (Å²) in [6.07, 6.45) is 0. The van der Waals surface area contributed by atoms with E-state index in [0.717, 1.165) is 11.1 Å². The Hall–Kier alpha value is -1.98. The van der Waals surface area contributed by atoms with Gasteiger partial charge in [-0.25, -0.2) is 9.97 Å². The van der Waals surface area contributed by atoms with E-state index < -0.39 is 0 Å². The second-order valence-electron chi connectivity index (χ2n) is 4.78. The number of aromatic nitrogens is 2. The van der Waals surface area contributed by atoms with Crippen molar-refractivity contribution in [1.29, 1.82) is 0 Å². The average molecular weight is 377 g/mol. The van der Waals surface area contributed by atoms with Crippen molar-refractivity contribution in [3.63, 3.8) is 0 Å². The standard InChI is InChI=1S/C16H11BrClN3O/c1-9-2-6-12(15(17)19-9)21-16(22)13-7-4-10-3-5-11(18)8-14(10)20-13/h2-8H,1H3,(H,21,22). The Morgan fingerprint density at radius 3 is 2.68 bits per heavy atom. The van der Waals surface area contributed by atoms with Gasteiger partial charge in [0.15, 0.2) is 0 Å². The van der Waals surface area contributed by atoms with Crippen LogP contribution in [0.3, 0.4) is 0 Å². The first-order valence-corrected chi connectivity index (χ1v) is 7.71. The second kappa shape index (κ2) is 6.02. The van der Waals surface area contributed by atoms with Crippen molar-refractivity contribution in [3.05, 3.63) is 63.5 Å². The lowest BCUT2D eigenvalue weighted by molar-refractivity contribution is 0.102. The maximum Gasteiger partial charge on any atom is 0.274 e. The molecule has 0 radical (unpaired) electrons. The lowest BCUT2D eigenvalue weighted by Crippen LogP contribution is -2.14. The third kappa shape index (κ3) is 3.10. The summed E-state index contributed by atoms with van der Waals surface area (Å²) in [5.41, 5.74) is 2.47. The number of halogens is 2. The van der Waals surface area contributed by atoms with E-state index in [1.807, 2.05) is 25.1 Å². The number of nitrogens with zero attached hydrogens (tertiary/aromatic N) is 2. The summed E-state index contributed by atoms with van der Waals surface area (Å²) in [4.78, 5) is 20.9. The number of pyridine rings is 2. The van der Waals surface area contributed by atoms with Gasteiger partial charge in [0.2, 0.25) is 0 Å². The largest absolute Gasteiger partial charge is 0.318 e. The molecule has 0 saturated carbocycles. The van der Waals surface area contributed by atoms with Crippen LogP contribution in [0.15, 0.2) is 47.1 Å². The van der Waals surface area contributed by atoms with E-state index in [1.165, 1.54) is 0 Å². The fraction of sp³-hybridized carbons (Fsp3) is 0.0625. The summed E-state index contributed by atoms with van der Waals surface area (Å²) < 4.78 is 0.588. The number of aryl methyl sites for hydroxylation is 1. The van der Waals surface area contributed by atoms with Gasteiger partial charge in [0.1, 0.15) is 10.3 Å². The molecular formula is C16H11BrClN3O. The molecule has 0 aliphatic rings. The monoisotopic (exact) mass is 375 g/mol. The minimum Gasteiger partial charge on any atom is -0.318 e. The summed E-state index contributed by atoms with van der Waals surface area (Å²) in [5, 5.41) is 4.31. The highest BCUT2D eigenvalue weighted by molar-refractivity contribution is 9.10. The van der Waals surface area contributed by atoms with Gasteiger partial charge in [-0.3, -0.25) is 4.79 Å². The van der Waals surface area contributed by atoms with Gasteiger partial charge in [0.05, 0.1) is 11.2 Å². The molecule has 0 atom stereocenters. The van der Waals surface area contributed by atoms with Gasteiger partial charge in [0.25, 0.3) is 5.91 Å². The van der Waals surface area contributed by atoms with E-state index in [9.17, 15) is 4.79 Å². The number of carbonyl (C=O) groups is 1. The van der Waals surface area contributed by atoms with Crippen LogP contribution in [0.4, 0.5) is 5.69 Å². The minimum atomic E-state index is -0.298. The number of fused-ring (bicyclic) bond motifs is 1. The predicted molar refractivity (Wildman–Crippen MR) is 91.4 cm³/mol. The van der Waals surface area contributed by atoms with Gasteiger partial charge >= 0.3 is 0 Å². The molecule has 0 aliphatic heterocycles. The fourth-order valence-electron chi connectivity index (χ4n) is 2.02. The third-order valence-corrected chi connectivity index (χ3v) is 3.96. The molecule has 0 saturated heterocycles. The Morgan fingerprint density at radius 2 is 1.91 bits per heavy atom. The van der Waals surface area contributed by atoms with Crippen LogP contribution in [0.2, 0.25) is 5.02 Å². The SMILES string of the molecule is Cc1ccc(NC(=O)c2ccc3ccc(Cl)cc3n2)c(Br)n1. The van der Waals surface area contributed by atoms with Gasteiger partial charge < -0.3 is 5.32 Å². The highest BCUT2D eigenvalue weighted by atomic mass is 79.9. The van der Waals surface area contributed by atoms with Crippen molar-refractivity contribution in [2.24, 2.45) is 0 Å². The zero-order valence-electron chi connectivity index (χ0n) is 11.6. The third-order valence-electron chi connectivity index (χ3n) is 3.12. The number of hydrogen-bond donors (Lipinski definition) is 1. The van der Waals surface area contributed by atoms with Crippen LogP contribution in [-0.2, 0) is 0 Å². The van der Waals surface area contributed by atoms with Crippen LogP contribution in [-0.4, -0.2) is 15.9 Å². The van der Waals surface area contributed by atoms with Crippen LogP contribution in [0, 0.1) is 6.92 Å². The number of anilines is 1. The summed E-state index contributed by atoms with van der Waals surface area (Å²) in [6.45, 7) is 1.88. The van der Waals surface area contributed by atoms with Crippen molar-refractivity contribution in [3.8, 4) is 0 Å². The highest BCUT2D eigenvalue weighted by Crippen LogP contribution is 2.22. The van der Waals surface area contributed by atoms with Crippen LogP contribution < -0.4 is 5.32 Å². The molecule has 3 rings (SSSR count). The van der Waals surface area contributed by atoms with E-state index in [-0.39, 0.29) is 5.91 Å². The van der Waals surface area contributed by atoms with Crippen molar-refractivity contribution in [1.82, 2.24) is 9.97 Å². The van der Waals surface area contributed by atoms with Crippen molar-refractivity contribution < 1.29 is 4.79 Å². The Bertz CT molecular complexity index is 882. The van der Waals surface area contributed by atoms with E-state index in [0.29, 0.717) is 26.5 Å². The summed E-state index contributed by atoms with van der Waals surface area (Å²) in [7, 11) is 0. The molecule has 1 N–H and O–H groups in total. The number of nitrogens with one attached hydrogen (secondary N) is 1. The lowest BCUT2D eigenvalue weighted by atomic mass is 10.2. The van der Waals surface area contributed by atoms with E-state index in [1.54, 1.807) is 24.3 Å². The molecule has 22 heavy (non-hydrogen) atoms. The Kier molecular flexibility index (Phi) is 4.09. The minimum absolute atomic E-state index is 0.298. The molecule has 4 nitrogen and oxygen atoms in total. The average Bonchev–Trinajstić information content (AvgIpc) is 2.49. The zero-order valence-corrected chi connectivity index (χ0v) is 13.9. The zero-order chi connectivity index (χ0) is 15.7. The number of amides is 1. The van der Waals surface area contributed by atoms with Gasteiger partial charge in [-0.1, -0.05) is 23.7 Å². The van der Waals surface area contributed by atoms with Gasteiger partial charge in [-0.15, -0.1) is 0 Å². The van der Waals surface area contributed by atoms with Crippen molar-refractivity contribution in [2.75, 3.05) is 5.32 Å². The maximum absolute atomic E-state index is 12.3. The first-order valence-electron chi connectivity index (χ1n) is 6.54. The lowest BCUT2D eigenvalue weighted by Gasteiger charge is -2.07. The van der Waals surface area contributed by atoms with Crippen LogP contribution in [0.25, 0.3) is 10.9 Å². The van der Waals surface area contributed by atoms with E-state index in [4.69, 9.17) is 11.6 Å². The molecule has 0 bridgehead atoms. The maximum atomic E-state index is 12.3. The van der Waals surface area contributed by atoms with Crippen LogP contribution in [0.5, 0.6) is 0 Å². The molecule has 2 heterocycles. The highest BCUT2D eigenvalue weighted by Gasteiger charge is 2.11. The Balaban J connectivity index is 1.91. The summed E-state index contributed by atoms with van der Waals surface area (Å²) >= 11 is 9.29. The Labute approximate surface area is 140 Å². The molecular weight excluding hydrogens is 366 g/mol. The predicted octanol–water partition coefficient (Wildman–Crippen LogP) is 4.61. The van der Waals surface area contributed by atoms with Crippen molar-refractivity contribution >= 4 is 50.0 Å². The normalized spacial score (nSPS) is 10.7. The molecule has 0 fully saturated rings. The molecule has 2 aromatic heterocycles. The molecule has 1 aromatic carbocycles. The second-order valence-corrected chi connectivity index (χ2v) is 5.97. The number of carbonyl (C=O) groups excluding carboxylic acids is 1. The fourth-order valence-corrected chi connectivity index (χ4v) is 2.70. The first-order chi connectivity index (χ1) is 10.5. The van der Waals surface area contributed by atoms with Crippen molar-refractivity contribution in [2.45, 2.75) is 6.92 Å². The van der Waals surface area contributed by atoms with E-state index in [2.05, 4.69) is 31.2 Å². The summed E-state index contributed by atoms with van der Waals surface area (Å²) in [6, 6.07) is 12.5. The Morgan fingerprint density at radius 1 is 1.14 bits per heavy atom. The first kappa shape index (κ1) is 14.9. The topological polar surface area (TPSA) is 54.9 Å². The molecule has 6 heteroatoms. The number of benzene rings is 1. The van der Waals surface area contributed by atoms with Gasteiger partial charge in [-0.2, -0.15) is 0 Å². The molecule has 0 unspecified atom stereocenters. The van der Waals surface area contributed by atoms with Gasteiger partial charge in [-0.05, 0) is 53.2 Å². The summed E-state index contributed by atoms with van der Waals surface area (Å²) in [5.74, 6) is -0.298. The number of hydrogen-bond acceptors (Lipinski definition) is 3. The van der Waals surface area contributed by atoms with Crippen LogP contribution in [0.1, 0.15) is 16.2 Å². The smallest absolute Gasteiger partial charge is 0.274 e. The van der Waals surface area contributed by atoms with Gasteiger partial charge in [0, 0.05) is 16.1 Å². The quantitative estimate of drug-likeness (QED) is 0.665. The molecule has 1 amide bonds. The molecule has 3 aromatic rings.